The van der Waals surface area contributed by atoms with Crippen molar-refractivity contribution < 1.29 is 4.74 Å². The van der Waals surface area contributed by atoms with Crippen molar-refractivity contribution in [2.45, 2.75) is 5.41 Å². The fourth-order valence-corrected chi connectivity index (χ4v) is 9.51. The van der Waals surface area contributed by atoms with Gasteiger partial charge in [0.15, 0.2) is 5.82 Å². The van der Waals surface area contributed by atoms with Gasteiger partial charge >= 0.3 is 0 Å². The number of aromatic nitrogens is 3. The Bertz CT molecular complexity index is 3120. The number of nitrogens with zero attached hydrogens (tertiary/aromatic N) is 3. The Kier molecular flexibility index (Phi) is 6.81. The molecule has 1 aliphatic carbocycles. The molecule has 0 fully saturated rings. The summed E-state index contributed by atoms with van der Waals surface area (Å²) in [7, 11) is 0. The van der Waals surface area contributed by atoms with Gasteiger partial charge in [-0.25, -0.2) is 9.97 Å². The summed E-state index contributed by atoms with van der Waals surface area (Å²) in [5, 5.41) is 2.49. The van der Waals surface area contributed by atoms with Gasteiger partial charge in [-0.2, -0.15) is 0 Å². The van der Waals surface area contributed by atoms with E-state index in [-0.39, 0.29) is 0 Å². The quantitative estimate of drug-likeness (QED) is 0.181. The van der Waals surface area contributed by atoms with Crippen molar-refractivity contribution in [2.75, 3.05) is 0 Å². The monoisotopic (exact) mass is 727 g/mol. The minimum absolute atomic E-state index is 0.561. The summed E-state index contributed by atoms with van der Waals surface area (Å²) < 4.78 is 9.38. The van der Waals surface area contributed by atoms with Crippen molar-refractivity contribution in [3.05, 3.63) is 222 Å². The zero-order valence-corrected chi connectivity index (χ0v) is 30.8. The van der Waals surface area contributed by atoms with Crippen LogP contribution in [-0.4, -0.2) is 14.5 Å². The summed E-state index contributed by atoms with van der Waals surface area (Å²) in [6.07, 6.45) is 0. The van der Waals surface area contributed by atoms with Gasteiger partial charge in [0.1, 0.15) is 11.5 Å². The molecule has 4 heteroatoms. The molecule has 10 aromatic rings. The fourth-order valence-electron chi connectivity index (χ4n) is 9.51. The summed E-state index contributed by atoms with van der Waals surface area (Å²) in [6.45, 7) is 0. The smallest absolute Gasteiger partial charge is 0.160 e. The van der Waals surface area contributed by atoms with Crippen LogP contribution in [0.2, 0.25) is 0 Å². The van der Waals surface area contributed by atoms with E-state index in [1.165, 1.54) is 44.1 Å². The molecule has 2 aliphatic rings. The molecule has 12 rings (SSSR count). The van der Waals surface area contributed by atoms with E-state index in [2.05, 4.69) is 187 Å². The van der Waals surface area contributed by atoms with Gasteiger partial charge in [0.05, 0.1) is 27.8 Å². The standard InChI is InChI=1S/C53H33N3O/c1-2-15-35(16-3-1)52-54-46(34-29-31-36(32-30-34)56-48-26-11-6-19-39(48)40-20-7-12-27-49(40)56)33-47(55-52)41-21-14-25-45-51(41)57-50-28-13-10-24-44(50)53(45)42-22-8-4-17-37(42)38-18-5-9-23-43(38)53/h1-33H. The van der Waals surface area contributed by atoms with E-state index in [1.54, 1.807) is 0 Å². The molecule has 3 heterocycles. The van der Waals surface area contributed by atoms with Gasteiger partial charge in [0.2, 0.25) is 0 Å². The summed E-state index contributed by atoms with van der Waals surface area (Å²) >= 11 is 0. The summed E-state index contributed by atoms with van der Waals surface area (Å²) in [5.74, 6) is 2.32. The van der Waals surface area contributed by atoms with Crippen molar-refractivity contribution in [2.24, 2.45) is 0 Å². The van der Waals surface area contributed by atoms with E-state index in [0.717, 1.165) is 56.4 Å². The number of hydrogen-bond acceptors (Lipinski definition) is 3. The van der Waals surface area contributed by atoms with Crippen LogP contribution >= 0.6 is 0 Å². The normalized spacial score (nSPS) is 13.2. The average molecular weight is 728 g/mol. The van der Waals surface area contributed by atoms with E-state index in [1.807, 2.05) is 18.2 Å². The van der Waals surface area contributed by atoms with Gasteiger partial charge in [0.25, 0.3) is 0 Å². The molecule has 4 nitrogen and oxygen atoms in total. The van der Waals surface area contributed by atoms with E-state index in [0.29, 0.717) is 5.82 Å². The highest BCUT2D eigenvalue weighted by Crippen LogP contribution is 2.63. The first kappa shape index (κ1) is 31.8. The molecule has 0 bridgehead atoms. The van der Waals surface area contributed by atoms with Crippen molar-refractivity contribution in [3.8, 4) is 62.2 Å². The average Bonchev–Trinajstić information content (AvgIpc) is 3.78. The molecule has 1 aliphatic heterocycles. The summed E-state index contributed by atoms with van der Waals surface area (Å²) in [4.78, 5) is 10.5. The third-order valence-electron chi connectivity index (χ3n) is 11.9. The van der Waals surface area contributed by atoms with Gasteiger partial charge in [-0.1, -0.05) is 158 Å². The Balaban J connectivity index is 1.06. The van der Waals surface area contributed by atoms with Crippen LogP contribution in [0.3, 0.4) is 0 Å². The van der Waals surface area contributed by atoms with Crippen LogP contribution in [0.1, 0.15) is 22.3 Å². The van der Waals surface area contributed by atoms with Crippen molar-refractivity contribution in [3.63, 3.8) is 0 Å². The molecule has 0 amide bonds. The predicted molar refractivity (Wildman–Crippen MR) is 230 cm³/mol. The van der Waals surface area contributed by atoms with Gasteiger partial charge in [-0.15, -0.1) is 0 Å². The largest absolute Gasteiger partial charge is 0.456 e. The Morgan fingerprint density at radius 3 is 1.65 bits per heavy atom. The number of para-hydroxylation sites is 4. The van der Waals surface area contributed by atoms with E-state index in [4.69, 9.17) is 14.7 Å². The van der Waals surface area contributed by atoms with Gasteiger partial charge in [0, 0.05) is 44.3 Å². The minimum atomic E-state index is -0.561. The fraction of sp³-hybridized carbons (Fsp3) is 0.0189. The van der Waals surface area contributed by atoms with E-state index >= 15 is 0 Å². The lowest BCUT2D eigenvalue weighted by Gasteiger charge is -2.40. The van der Waals surface area contributed by atoms with Crippen LogP contribution in [-0.2, 0) is 5.41 Å². The van der Waals surface area contributed by atoms with Crippen molar-refractivity contribution >= 4 is 21.8 Å². The Morgan fingerprint density at radius 2 is 0.947 bits per heavy atom. The SMILES string of the molecule is c1ccc(-c2nc(-c3ccc(-n4c5ccccc5c5ccccc54)cc3)cc(-c3cccc4c3Oc3ccccc3C43c4ccccc4-c4ccccc43)n2)cc1. The highest BCUT2D eigenvalue weighted by Gasteiger charge is 2.51. The lowest BCUT2D eigenvalue weighted by molar-refractivity contribution is 0.438. The first-order chi connectivity index (χ1) is 28.3. The van der Waals surface area contributed by atoms with Crippen molar-refractivity contribution in [1.29, 1.82) is 0 Å². The maximum absolute atomic E-state index is 7.04. The molecular formula is C53H33N3O. The van der Waals surface area contributed by atoms with Crippen LogP contribution < -0.4 is 4.74 Å². The highest BCUT2D eigenvalue weighted by molar-refractivity contribution is 6.09. The molecule has 0 unspecified atom stereocenters. The van der Waals surface area contributed by atoms with Gasteiger partial charge in [-0.3, -0.25) is 0 Å². The van der Waals surface area contributed by atoms with Crippen LogP contribution in [0.4, 0.5) is 0 Å². The molecule has 57 heavy (non-hydrogen) atoms. The Hall–Kier alpha value is -7.56. The van der Waals surface area contributed by atoms with Crippen LogP contribution in [0.15, 0.2) is 200 Å². The molecule has 0 atom stereocenters. The first-order valence-electron chi connectivity index (χ1n) is 19.4. The molecule has 8 aromatic carbocycles. The van der Waals surface area contributed by atoms with Crippen LogP contribution in [0.5, 0.6) is 11.5 Å². The zero-order valence-electron chi connectivity index (χ0n) is 30.8. The van der Waals surface area contributed by atoms with Crippen molar-refractivity contribution in [1.82, 2.24) is 14.5 Å². The first-order valence-corrected chi connectivity index (χ1v) is 19.4. The second-order valence-electron chi connectivity index (χ2n) is 14.9. The Labute approximate surface area is 330 Å². The van der Waals surface area contributed by atoms with E-state index in [9.17, 15) is 0 Å². The number of fused-ring (bicyclic) bond motifs is 12. The number of rotatable bonds is 4. The van der Waals surface area contributed by atoms with Crippen LogP contribution in [0.25, 0.3) is 72.5 Å². The zero-order chi connectivity index (χ0) is 37.5. The third kappa shape index (κ3) is 4.56. The van der Waals surface area contributed by atoms with Crippen LogP contribution in [0, 0.1) is 0 Å². The number of benzene rings is 8. The third-order valence-corrected chi connectivity index (χ3v) is 11.9. The maximum Gasteiger partial charge on any atom is 0.160 e. The lowest BCUT2D eigenvalue weighted by Crippen LogP contribution is -2.32. The van der Waals surface area contributed by atoms with Gasteiger partial charge in [-0.05, 0) is 64.7 Å². The maximum atomic E-state index is 7.04. The van der Waals surface area contributed by atoms with Gasteiger partial charge < -0.3 is 9.30 Å². The molecule has 0 N–H and O–H groups in total. The second kappa shape index (κ2) is 12.2. The molecule has 266 valence electrons. The number of ether oxygens (including phenoxy) is 1. The molecule has 0 saturated heterocycles. The second-order valence-corrected chi connectivity index (χ2v) is 14.9. The Morgan fingerprint density at radius 1 is 0.404 bits per heavy atom. The molecule has 2 aromatic heterocycles. The molecular weight excluding hydrogens is 695 g/mol. The summed E-state index contributed by atoms with van der Waals surface area (Å²) in [5.41, 5.74) is 14.7. The van der Waals surface area contributed by atoms with E-state index < -0.39 is 5.41 Å². The molecule has 1 spiro atoms. The number of hydrogen-bond donors (Lipinski definition) is 0. The predicted octanol–water partition coefficient (Wildman–Crippen LogP) is 13.0. The topological polar surface area (TPSA) is 39.9 Å². The molecule has 0 saturated carbocycles. The minimum Gasteiger partial charge on any atom is -0.456 e. The summed E-state index contributed by atoms with van der Waals surface area (Å²) in [6, 6.07) is 71.0. The lowest BCUT2D eigenvalue weighted by atomic mass is 9.65. The highest BCUT2D eigenvalue weighted by atomic mass is 16.5. The molecule has 0 radical (unpaired) electrons.